The minimum Gasteiger partial charge on any atom is -0.368 e. The molecule has 0 saturated heterocycles. The van der Waals surface area contributed by atoms with E-state index in [1.54, 1.807) is 31.5 Å². The third-order valence-corrected chi connectivity index (χ3v) is 2.35. The fraction of sp³-hybridized carbons (Fsp3) is 0.167. The van der Waals surface area contributed by atoms with E-state index in [2.05, 4.69) is 10.1 Å². The molecule has 0 aliphatic heterocycles. The maximum atomic E-state index is 13.0. The summed E-state index contributed by atoms with van der Waals surface area (Å²) in [5.41, 5.74) is 7.84. The number of hydrogen-bond acceptors (Lipinski definition) is 3. The molecule has 17 heavy (non-hydrogen) atoms. The second-order valence-electron chi connectivity index (χ2n) is 3.84. The lowest BCUT2D eigenvalue weighted by atomic mass is 10.1. The lowest BCUT2D eigenvalue weighted by Crippen LogP contribution is -1.97. The predicted octanol–water partition coefficient (Wildman–Crippen LogP) is 2.10. The molecule has 0 atom stereocenters. The van der Waals surface area contributed by atoms with E-state index in [1.165, 1.54) is 10.7 Å². The summed E-state index contributed by atoms with van der Waals surface area (Å²) < 4.78 is 14.5. The van der Waals surface area contributed by atoms with Gasteiger partial charge in [-0.25, -0.2) is 14.1 Å². The third kappa shape index (κ3) is 2.50. The highest BCUT2D eigenvalue weighted by Crippen LogP contribution is 2.08. The van der Waals surface area contributed by atoms with Crippen molar-refractivity contribution < 1.29 is 4.39 Å². The smallest absolute Gasteiger partial charge is 0.221 e. The zero-order chi connectivity index (χ0) is 12.4. The molecule has 0 unspecified atom stereocenters. The van der Waals surface area contributed by atoms with Crippen LogP contribution in [0.1, 0.15) is 16.8 Å². The Morgan fingerprint density at radius 2 is 2.18 bits per heavy atom. The Hall–Kier alpha value is -2.17. The Labute approximate surface area is 98.6 Å². The van der Waals surface area contributed by atoms with E-state index in [9.17, 15) is 4.39 Å². The monoisotopic (exact) mass is 232 g/mol. The van der Waals surface area contributed by atoms with Crippen molar-refractivity contribution in [2.45, 2.75) is 13.8 Å². The Bertz CT molecular complexity index is 572. The van der Waals surface area contributed by atoms with Crippen LogP contribution in [0.2, 0.25) is 0 Å². The molecule has 4 nitrogen and oxygen atoms in total. The maximum Gasteiger partial charge on any atom is 0.221 e. The molecule has 0 spiro atoms. The molecular weight excluding hydrogens is 219 g/mol. The zero-order valence-electron chi connectivity index (χ0n) is 9.68. The van der Waals surface area contributed by atoms with Gasteiger partial charge in [-0.3, -0.25) is 0 Å². The second-order valence-corrected chi connectivity index (χ2v) is 3.84. The number of hydrogen-bond donors (Lipinski definition) is 1. The van der Waals surface area contributed by atoms with Crippen molar-refractivity contribution >= 4 is 12.2 Å². The van der Waals surface area contributed by atoms with Gasteiger partial charge in [0.1, 0.15) is 5.82 Å². The Balaban J connectivity index is 2.26. The molecule has 0 fully saturated rings. The number of nitrogen functional groups attached to an aromatic ring is 1. The number of aryl methyl sites for hydroxylation is 2. The van der Waals surface area contributed by atoms with Crippen LogP contribution in [-0.2, 0) is 0 Å². The summed E-state index contributed by atoms with van der Waals surface area (Å²) in [6.45, 7) is 3.55. The molecule has 0 amide bonds. The number of halogens is 1. The number of aromatic nitrogens is 2. The van der Waals surface area contributed by atoms with Crippen LogP contribution >= 0.6 is 0 Å². The Morgan fingerprint density at radius 3 is 2.76 bits per heavy atom. The van der Waals surface area contributed by atoms with Crippen LogP contribution in [-0.4, -0.2) is 15.9 Å². The van der Waals surface area contributed by atoms with Gasteiger partial charge in [0.05, 0.1) is 18.1 Å². The molecule has 1 heterocycles. The summed E-state index contributed by atoms with van der Waals surface area (Å²) >= 11 is 0. The standard InChI is InChI=1S/C12H13FN4/c1-8-5-10(3-4-11(8)13)6-15-17-7-9(2)16-12(17)14/h3-7H,1-2H3,(H2,14,16). The average molecular weight is 232 g/mol. The van der Waals surface area contributed by atoms with Crippen LogP contribution in [0.4, 0.5) is 10.3 Å². The van der Waals surface area contributed by atoms with Gasteiger partial charge in [-0.2, -0.15) is 5.10 Å². The van der Waals surface area contributed by atoms with E-state index in [4.69, 9.17) is 5.73 Å². The number of imidazole rings is 1. The fourth-order valence-electron chi connectivity index (χ4n) is 1.47. The molecule has 1 aromatic carbocycles. The third-order valence-electron chi connectivity index (χ3n) is 2.35. The lowest BCUT2D eigenvalue weighted by molar-refractivity contribution is 0.618. The minimum absolute atomic E-state index is 0.222. The van der Waals surface area contributed by atoms with Gasteiger partial charge in [-0.1, -0.05) is 6.07 Å². The average Bonchev–Trinajstić information content (AvgIpc) is 2.59. The van der Waals surface area contributed by atoms with Gasteiger partial charge in [-0.05, 0) is 37.1 Å². The van der Waals surface area contributed by atoms with Crippen LogP contribution in [0.3, 0.4) is 0 Å². The van der Waals surface area contributed by atoms with Crippen LogP contribution in [0.25, 0.3) is 0 Å². The van der Waals surface area contributed by atoms with Crippen molar-refractivity contribution in [2.24, 2.45) is 5.10 Å². The summed E-state index contributed by atoms with van der Waals surface area (Å²) in [5.74, 6) is 0.109. The van der Waals surface area contributed by atoms with Crippen LogP contribution in [0.15, 0.2) is 29.5 Å². The predicted molar refractivity (Wildman–Crippen MR) is 65.5 cm³/mol. The van der Waals surface area contributed by atoms with Crippen LogP contribution in [0, 0.1) is 19.7 Å². The zero-order valence-corrected chi connectivity index (χ0v) is 9.68. The van der Waals surface area contributed by atoms with E-state index in [1.807, 2.05) is 6.92 Å². The highest BCUT2D eigenvalue weighted by molar-refractivity contribution is 5.79. The van der Waals surface area contributed by atoms with Crippen molar-refractivity contribution in [2.75, 3.05) is 5.73 Å². The first-order valence-electron chi connectivity index (χ1n) is 5.18. The number of anilines is 1. The van der Waals surface area contributed by atoms with E-state index in [-0.39, 0.29) is 5.82 Å². The molecule has 88 valence electrons. The van der Waals surface area contributed by atoms with Gasteiger partial charge < -0.3 is 5.73 Å². The first kappa shape index (κ1) is 11.3. The molecule has 0 aliphatic carbocycles. The number of nitrogens with zero attached hydrogens (tertiary/aromatic N) is 3. The van der Waals surface area contributed by atoms with Gasteiger partial charge in [0.2, 0.25) is 5.95 Å². The van der Waals surface area contributed by atoms with Gasteiger partial charge in [0.15, 0.2) is 0 Å². The second kappa shape index (κ2) is 4.37. The molecule has 0 saturated carbocycles. The van der Waals surface area contributed by atoms with Gasteiger partial charge in [0.25, 0.3) is 0 Å². The van der Waals surface area contributed by atoms with E-state index < -0.39 is 0 Å². The molecule has 0 radical (unpaired) electrons. The summed E-state index contributed by atoms with van der Waals surface area (Å²) in [6, 6.07) is 4.80. The quantitative estimate of drug-likeness (QED) is 0.806. The van der Waals surface area contributed by atoms with Gasteiger partial charge in [-0.15, -0.1) is 0 Å². The summed E-state index contributed by atoms with van der Waals surface area (Å²) in [7, 11) is 0. The van der Waals surface area contributed by atoms with Crippen molar-refractivity contribution in [3.8, 4) is 0 Å². The van der Waals surface area contributed by atoms with E-state index in [0.29, 0.717) is 11.5 Å². The normalized spacial score (nSPS) is 11.2. The molecule has 0 bridgehead atoms. The SMILES string of the molecule is Cc1cn(N=Cc2ccc(F)c(C)c2)c(N)n1. The van der Waals surface area contributed by atoms with Gasteiger partial charge in [0, 0.05) is 0 Å². The summed E-state index contributed by atoms with van der Waals surface area (Å²) in [5, 5.41) is 4.15. The van der Waals surface area contributed by atoms with Crippen molar-refractivity contribution in [3.63, 3.8) is 0 Å². The fourth-order valence-corrected chi connectivity index (χ4v) is 1.47. The minimum atomic E-state index is -0.222. The highest BCUT2D eigenvalue weighted by atomic mass is 19.1. The molecule has 2 rings (SSSR count). The Morgan fingerprint density at radius 1 is 1.41 bits per heavy atom. The topological polar surface area (TPSA) is 56.2 Å². The van der Waals surface area contributed by atoms with E-state index in [0.717, 1.165) is 11.3 Å². The van der Waals surface area contributed by atoms with Crippen LogP contribution in [0.5, 0.6) is 0 Å². The lowest BCUT2D eigenvalue weighted by Gasteiger charge is -1.98. The molecule has 2 aromatic rings. The number of benzene rings is 1. The number of nitrogens with two attached hydrogens (primary N) is 1. The summed E-state index contributed by atoms with van der Waals surface area (Å²) in [6.07, 6.45) is 3.34. The van der Waals surface area contributed by atoms with Crippen molar-refractivity contribution in [1.82, 2.24) is 9.66 Å². The Kier molecular flexibility index (Phi) is 2.91. The molecule has 2 N–H and O–H groups in total. The molecular formula is C12H13FN4. The first-order valence-corrected chi connectivity index (χ1v) is 5.18. The van der Waals surface area contributed by atoms with Crippen molar-refractivity contribution in [1.29, 1.82) is 0 Å². The van der Waals surface area contributed by atoms with Crippen molar-refractivity contribution in [3.05, 3.63) is 47.0 Å². The van der Waals surface area contributed by atoms with Gasteiger partial charge >= 0.3 is 0 Å². The molecule has 1 aromatic heterocycles. The summed E-state index contributed by atoms with van der Waals surface area (Å²) in [4.78, 5) is 4.02. The number of rotatable bonds is 2. The maximum absolute atomic E-state index is 13.0. The van der Waals surface area contributed by atoms with E-state index >= 15 is 0 Å². The molecule has 0 aliphatic rings. The van der Waals surface area contributed by atoms with Crippen LogP contribution < -0.4 is 5.73 Å². The first-order chi connectivity index (χ1) is 8.06. The largest absolute Gasteiger partial charge is 0.368 e. The molecule has 5 heteroatoms. The highest BCUT2D eigenvalue weighted by Gasteiger charge is 1.99.